The molecule has 1 rings (SSSR count). The van der Waals surface area contributed by atoms with Crippen molar-refractivity contribution >= 4 is 53.5 Å². The Labute approximate surface area is 150 Å². The number of aliphatic imine (C=N–C) groups is 1. The van der Waals surface area contributed by atoms with Gasteiger partial charge in [0.25, 0.3) is 0 Å². The molecule has 0 aromatic carbocycles. The van der Waals surface area contributed by atoms with E-state index >= 15 is 0 Å². The molecule has 120 valence electrons. The van der Waals surface area contributed by atoms with Gasteiger partial charge >= 0.3 is 0 Å². The standard InChI is InChI=1S/C14H29N3S2.HI/c1-4-15-14(16-9-6-10-18-2)17-12-7-5-8-13(11-12)19-3;/h12-13H,4-11H2,1-3H3,(H2,15,16,17);1H. The smallest absolute Gasteiger partial charge is 0.191 e. The number of hydrogen-bond donors (Lipinski definition) is 2. The molecule has 0 heterocycles. The van der Waals surface area contributed by atoms with Crippen LogP contribution in [-0.4, -0.2) is 48.6 Å². The van der Waals surface area contributed by atoms with E-state index in [4.69, 9.17) is 0 Å². The Kier molecular flexibility index (Phi) is 13.8. The lowest BCUT2D eigenvalue weighted by atomic mass is 9.95. The Morgan fingerprint density at radius 3 is 2.75 bits per heavy atom. The Bertz CT molecular complexity index is 265. The lowest BCUT2D eigenvalue weighted by Gasteiger charge is -2.29. The molecule has 0 saturated heterocycles. The number of nitrogens with zero attached hydrogens (tertiary/aromatic N) is 1. The third kappa shape index (κ3) is 8.87. The fraction of sp³-hybridized carbons (Fsp3) is 0.929. The van der Waals surface area contributed by atoms with Gasteiger partial charge < -0.3 is 10.6 Å². The van der Waals surface area contributed by atoms with E-state index in [9.17, 15) is 0 Å². The molecule has 0 aliphatic heterocycles. The van der Waals surface area contributed by atoms with Gasteiger partial charge in [0, 0.05) is 24.4 Å². The number of nitrogens with one attached hydrogen (secondary N) is 2. The predicted octanol–water partition coefficient (Wildman–Crippen LogP) is 3.59. The predicted molar refractivity (Wildman–Crippen MR) is 107 cm³/mol. The molecule has 1 aliphatic carbocycles. The molecule has 1 aliphatic rings. The maximum absolute atomic E-state index is 4.67. The van der Waals surface area contributed by atoms with Crippen molar-refractivity contribution in [1.29, 1.82) is 0 Å². The minimum absolute atomic E-state index is 0. The largest absolute Gasteiger partial charge is 0.357 e. The summed E-state index contributed by atoms with van der Waals surface area (Å²) in [6.45, 7) is 3.99. The van der Waals surface area contributed by atoms with Gasteiger partial charge in [0.05, 0.1) is 0 Å². The Morgan fingerprint density at radius 1 is 1.30 bits per heavy atom. The molecule has 0 aromatic rings. The first-order valence-electron chi connectivity index (χ1n) is 7.36. The molecule has 20 heavy (non-hydrogen) atoms. The highest BCUT2D eigenvalue weighted by molar-refractivity contribution is 14.0. The third-order valence-electron chi connectivity index (χ3n) is 3.42. The molecule has 0 spiro atoms. The van der Waals surface area contributed by atoms with Crippen molar-refractivity contribution in [3.8, 4) is 0 Å². The Morgan fingerprint density at radius 2 is 2.10 bits per heavy atom. The zero-order valence-corrected chi connectivity index (χ0v) is 16.9. The molecule has 2 N–H and O–H groups in total. The summed E-state index contributed by atoms with van der Waals surface area (Å²) in [5.74, 6) is 2.20. The Balaban J connectivity index is 0.00000361. The van der Waals surface area contributed by atoms with Gasteiger partial charge in [0.15, 0.2) is 5.96 Å². The third-order valence-corrected chi connectivity index (χ3v) is 5.21. The molecule has 3 nitrogen and oxygen atoms in total. The van der Waals surface area contributed by atoms with E-state index in [1.54, 1.807) is 0 Å². The Hall–Kier alpha value is 0.700. The normalized spacial score (nSPS) is 23.1. The summed E-state index contributed by atoms with van der Waals surface area (Å²) in [4.78, 5) is 4.67. The van der Waals surface area contributed by atoms with Crippen LogP contribution in [0.3, 0.4) is 0 Å². The highest BCUT2D eigenvalue weighted by Crippen LogP contribution is 2.26. The van der Waals surface area contributed by atoms with Crippen LogP contribution in [0.2, 0.25) is 0 Å². The summed E-state index contributed by atoms with van der Waals surface area (Å²) in [5.41, 5.74) is 0. The van der Waals surface area contributed by atoms with Crippen LogP contribution in [0.1, 0.15) is 39.0 Å². The van der Waals surface area contributed by atoms with Crippen LogP contribution >= 0.6 is 47.5 Å². The second-order valence-electron chi connectivity index (χ2n) is 4.97. The van der Waals surface area contributed by atoms with Crippen LogP contribution in [0.25, 0.3) is 0 Å². The molecule has 0 radical (unpaired) electrons. The van der Waals surface area contributed by atoms with Gasteiger partial charge in [-0.25, -0.2) is 0 Å². The van der Waals surface area contributed by atoms with Crippen LogP contribution in [0.15, 0.2) is 4.99 Å². The van der Waals surface area contributed by atoms with Crippen molar-refractivity contribution in [1.82, 2.24) is 10.6 Å². The van der Waals surface area contributed by atoms with Gasteiger partial charge in [0.1, 0.15) is 0 Å². The zero-order valence-electron chi connectivity index (χ0n) is 13.0. The zero-order chi connectivity index (χ0) is 13.9. The van der Waals surface area contributed by atoms with Crippen molar-refractivity contribution in [2.24, 2.45) is 4.99 Å². The van der Waals surface area contributed by atoms with Crippen molar-refractivity contribution in [2.75, 3.05) is 31.4 Å². The minimum atomic E-state index is 0. The van der Waals surface area contributed by atoms with E-state index in [-0.39, 0.29) is 24.0 Å². The van der Waals surface area contributed by atoms with Gasteiger partial charge in [-0.1, -0.05) is 6.42 Å². The summed E-state index contributed by atoms with van der Waals surface area (Å²) in [7, 11) is 0. The molecule has 2 atom stereocenters. The lowest BCUT2D eigenvalue weighted by molar-refractivity contribution is 0.419. The van der Waals surface area contributed by atoms with Crippen molar-refractivity contribution in [3.63, 3.8) is 0 Å². The highest BCUT2D eigenvalue weighted by atomic mass is 127. The summed E-state index contributed by atoms with van der Waals surface area (Å²) in [6.07, 6.45) is 10.8. The van der Waals surface area contributed by atoms with Crippen LogP contribution in [0.4, 0.5) is 0 Å². The average Bonchev–Trinajstić information content (AvgIpc) is 2.44. The maximum atomic E-state index is 4.67. The molecular formula is C14H30IN3S2. The summed E-state index contributed by atoms with van der Waals surface area (Å²) in [5, 5.41) is 7.81. The van der Waals surface area contributed by atoms with Crippen LogP contribution in [0, 0.1) is 0 Å². The first kappa shape index (κ1) is 20.7. The number of hydrogen-bond acceptors (Lipinski definition) is 3. The SMILES string of the molecule is CCNC(=NCCCSC)NC1CCCC(SC)C1.I. The van der Waals surface area contributed by atoms with Crippen molar-refractivity contribution < 1.29 is 0 Å². The second-order valence-corrected chi connectivity index (χ2v) is 7.10. The molecule has 2 unspecified atom stereocenters. The van der Waals surface area contributed by atoms with Gasteiger partial charge in [-0.05, 0) is 50.9 Å². The highest BCUT2D eigenvalue weighted by Gasteiger charge is 2.21. The van der Waals surface area contributed by atoms with E-state index in [1.807, 2.05) is 23.5 Å². The summed E-state index contributed by atoms with van der Waals surface area (Å²) < 4.78 is 0. The fourth-order valence-electron chi connectivity index (χ4n) is 2.40. The molecule has 1 fully saturated rings. The van der Waals surface area contributed by atoms with E-state index in [1.165, 1.54) is 31.4 Å². The quantitative estimate of drug-likeness (QED) is 0.280. The van der Waals surface area contributed by atoms with Gasteiger partial charge in [-0.3, -0.25) is 4.99 Å². The van der Waals surface area contributed by atoms with Crippen molar-refractivity contribution in [3.05, 3.63) is 0 Å². The second kappa shape index (κ2) is 13.4. The number of guanidine groups is 1. The van der Waals surface area contributed by atoms with E-state index in [2.05, 4.69) is 35.1 Å². The van der Waals surface area contributed by atoms with Crippen molar-refractivity contribution in [2.45, 2.75) is 50.3 Å². The monoisotopic (exact) mass is 431 g/mol. The molecule has 0 bridgehead atoms. The van der Waals surface area contributed by atoms with E-state index in [0.717, 1.165) is 30.7 Å². The van der Waals surface area contributed by atoms with Crippen LogP contribution in [-0.2, 0) is 0 Å². The van der Waals surface area contributed by atoms with Gasteiger partial charge in [-0.15, -0.1) is 24.0 Å². The summed E-state index contributed by atoms with van der Waals surface area (Å²) in [6, 6.07) is 0.601. The topological polar surface area (TPSA) is 36.4 Å². The first-order valence-corrected chi connectivity index (χ1v) is 10.0. The van der Waals surface area contributed by atoms with E-state index < -0.39 is 0 Å². The van der Waals surface area contributed by atoms with E-state index in [0.29, 0.717) is 6.04 Å². The summed E-state index contributed by atoms with van der Waals surface area (Å²) >= 11 is 3.90. The van der Waals surface area contributed by atoms with Gasteiger partial charge in [0.2, 0.25) is 0 Å². The number of halogens is 1. The molecule has 0 aromatic heterocycles. The van der Waals surface area contributed by atoms with Gasteiger partial charge in [-0.2, -0.15) is 23.5 Å². The number of thioether (sulfide) groups is 2. The lowest BCUT2D eigenvalue weighted by Crippen LogP contribution is -2.45. The molecular weight excluding hydrogens is 401 g/mol. The molecule has 0 amide bonds. The first-order chi connectivity index (χ1) is 9.30. The molecule has 1 saturated carbocycles. The average molecular weight is 431 g/mol. The number of rotatable bonds is 7. The van der Waals surface area contributed by atoms with Crippen LogP contribution in [0.5, 0.6) is 0 Å². The van der Waals surface area contributed by atoms with Crippen LogP contribution < -0.4 is 10.6 Å². The minimum Gasteiger partial charge on any atom is -0.357 e. The maximum Gasteiger partial charge on any atom is 0.191 e. The fourth-order valence-corrected chi connectivity index (χ4v) is 3.65. The molecule has 6 heteroatoms.